The molecule has 2 aliphatic rings. The molecule has 3 rings (SSSR count). The first-order valence-electron chi connectivity index (χ1n) is 15.3. The summed E-state index contributed by atoms with van der Waals surface area (Å²) >= 11 is 0. The summed E-state index contributed by atoms with van der Waals surface area (Å²) in [7, 11) is 0. The summed E-state index contributed by atoms with van der Waals surface area (Å²) in [5.74, 6) is -3.36. The molecule has 0 bridgehead atoms. The first-order chi connectivity index (χ1) is 22.1. The number of nitrogens with one attached hydrogen (secondary N) is 1. The quantitative estimate of drug-likeness (QED) is 0.0954. The van der Waals surface area contributed by atoms with Crippen LogP contribution in [0.3, 0.4) is 0 Å². The fourth-order valence-electron chi connectivity index (χ4n) is 4.71. The minimum atomic E-state index is -1.92. The summed E-state index contributed by atoms with van der Waals surface area (Å²) in [5, 5.41) is 42.5. The van der Waals surface area contributed by atoms with Crippen molar-refractivity contribution in [3.8, 4) is 5.75 Å². The molecule has 1 saturated heterocycles. The van der Waals surface area contributed by atoms with Gasteiger partial charge in [-0.25, -0.2) is 4.79 Å². The van der Waals surface area contributed by atoms with Crippen molar-refractivity contribution in [3.63, 3.8) is 0 Å². The Morgan fingerprint density at radius 1 is 0.894 bits per heavy atom. The van der Waals surface area contributed by atoms with Gasteiger partial charge in [0.1, 0.15) is 36.5 Å². The van der Waals surface area contributed by atoms with Gasteiger partial charge in [0.25, 0.3) is 11.8 Å². The van der Waals surface area contributed by atoms with E-state index in [1.165, 1.54) is 30.4 Å². The van der Waals surface area contributed by atoms with Crippen LogP contribution in [0.1, 0.15) is 71.3 Å². The van der Waals surface area contributed by atoms with E-state index in [0.717, 1.165) is 4.90 Å². The number of carbonyl (C=O) groups excluding carboxylic acids is 5. The van der Waals surface area contributed by atoms with Crippen LogP contribution in [-0.4, -0.2) is 98.0 Å². The number of carboxylic acids is 1. The Morgan fingerprint density at radius 2 is 1.55 bits per heavy atom. The van der Waals surface area contributed by atoms with Crippen LogP contribution < -0.4 is 10.1 Å². The molecule has 5 N–H and O–H groups in total. The van der Waals surface area contributed by atoms with Gasteiger partial charge in [-0.05, 0) is 57.7 Å². The maximum absolute atomic E-state index is 12.9. The Morgan fingerprint density at radius 3 is 2.19 bits per heavy atom. The number of carbonyl (C=O) groups is 6. The lowest BCUT2D eigenvalue weighted by Crippen LogP contribution is -2.61. The van der Waals surface area contributed by atoms with Crippen LogP contribution in [-0.2, 0) is 44.8 Å². The van der Waals surface area contributed by atoms with Crippen molar-refractivity contribution in [2.75, 3.05) is 11.9 Å². The Kier molecular flexibility index (Phi) is 13.2. The highest BCUT2D eigenvalue weighted by Crippen LogP contribution is 2.31. The van der Waals surface area contributed by atoms with E-state index >= 15 is 0 Å². The number of hydrogen-bond acceptors (Lipinski definition) is 12. The predicted molar refractivity (Wildman–Crippen MR) is 162 cm³/mol. The Labute approximate surface area is 271 Å². The Bertz CT molecular complexity index is 1350. The molecule has 1 aromatic carbocycles. The normalized spacial score (nSPS) is 22.7. The number of anilines is 1. The molecule has 2 heterocycles. The number of ketones is 1. The molecular weight excluding hydrogens is 620 g/mol. The Hall–Kier alpha value is -4.18. The van der Waals surface area contributed by atoms with E-state index in [-0.39, 0.29) is 61.3 Å². The third-order valence-electron chi connectivity index (χ3n) is 7.45. The highest BCUT2D eigenvalue weighted by Gasteiger charge is 2.48. The molecule has 5 atom stereocenters. The molecule has 1 fully saturated rings. The molecule has 0 aliphatic carbocycles. The number of hydrogen-bond donors (Lipinski definition) is 5. The fraction of sp³-hybridized carbons (Fsp3) is 0.562. The van der Waals surface area contributed by atoms with Crippen molar-refractivity contribution in [1.82, 2.24) is 4.90 Å². The van der Waals surface area contributed by atoms with Crippen LogP contribution in [0.25, 0.3) is 0 Å². The maximum Gasteiger partial charge on any atom is 0.335 e. The van der Waals surface area contributed by atoms with E-state index in [2.05, 4.69) is 5.32 Å². The molecule has 0 saturated carbocycles. The van der Waals surface area contributed by atoms with Gasteiger partial charge in [-0.2, -0.15) is 0 Å². The summed E-state index contributed by atoms with van der Waals surface area (Å²) in [4.78, 5) is 73.3. The van der Waals surface area contributed by atoms with Crippen LogP contribution >= 0.6 is 0 Å². The highest BCUT2D eigenvalue weighted by atomic mass is 16.7. The second kappa shape index (κ2) is 16.6. The summed E-state index contributed by atoms with van der Waals surface area (Å²) < 4.78 is 16.2. The number of aliphatic carboxylic acids is 1. The molecule has 0 unspecified atom stereocenters. The van der Waals surface area contributed by atoms with Crippen molar-refractivity contribution in [2.45, 2.75) is 103 Å². The van der Waals surface area contributed by atoms with Gasteiger partial charge in [-0.1, -0.05) is 12.5 Å². The average Bonchev–Trinajstić information content (AvgIpc) is 3.32. The number of aliphatic hydroxyl groups is 3. The minimum Gasteiger partial charge on any atom is -0.479 e. The SMILES string of the molecule is CC(C)(C)C(=O)OCc1ccc(O[C@@H]2O[C@H](C(=O)O)[C@@H](O)[C@H](O)[C@H]2O)c(NC(=O)CCCC(=O)CCCCCN2C(=O)C=CC2=O)c1. The third-order valence-corrected chi connectivity index (χ3v) is 7.45. The van der Waals surface area contributed by atoms with Crippen molar-refractivity contribution >= 4 is 41.1 Å². The van der Waals surface area contributed by atoms with Crippen molar-refractivity contribution in [1.29, 1.82) is 0 Å². The van der Waals surface area contributed by atoms with E-state index in [4.69, 9.17) is 14.2 Å². The molecule has 0 radical (unpaired) electrons. The van der Waals surface area contributed by atoms with Gasteiger partial charge in [0.15, 0.2) is 6.10 Å². The maximum atomic E-state index is 12.9. The summed E-state index contributed by atoms with van der Waals surface area (Å²) in [6.45, 7) is 5.21. The molecule has 2 aliphatic heterocycles. The van der Waals surface area contributed by atoms with Crippen molar-refractivity contribution in [3.05, 3.63) is 35.9 Å². The van der Waals surface area contributed by atoms with Gasteiger partial charge in [0.05, 0.1) is 11.1 Å². The number of unbranched alkanes of at least 4 members (excludes halogenated alkanes) is 2. The van der Waals surface area contributed by atoms with E-state index < -0.39 is 54.0 Å². The predicted octanol–water partition coefficient (Wildman–Crippen LogP) is 1.21. The van der Waals surface area contributed by atoms with Gasteiger partial charge in [-0.15, -0.1) is 0 Å². The second-order valence-corrected chi connectivity index (χ2v) is 12.4. The Balaban J connectivity index is 1.57. The van der Waals surface area contributed by atoms with Crippen LogP contribution in [0.5, 0.6) is 5.75 Å². The molecule has 0 aromatic heterocycles. The smallest absolute Gasteiger partial charge is 0.335 e. The fourth-order valence-corrected chi connectivity index (χ4v) is 4.71. The van der Waals surface area contributed by atoms with Crippen LogP contribution in [0.4, 0.5) is 5.69 Å². The molecule has 47 heavy (non-hydrogen) atoms. The first kappa shape index (κ1) is 37.3. The van der Waals surface area contributed by atoms with E-state index in [1.807, 2.05) is 0 Å². The number of imide groups is 1. The number of ether oxygens (including phenoxy) is 3. The number of aliphatic hydroxyl groups excluding tert-OH is 3. The molecule has 15 nitrogen and oxygen atoms in total. The number of rotatable bonds is 16. The van der Waals surface area contributed by atoms with Crippen molar-refractivity contribution < 1.29 is 63.4 Å². The van der Waals surface area contributed by atoms with Crippen LogP contribution in [0.15, 0.2) is 30.4 Å². The first-order valence-corrected chi connectivity index (χ1v) is 15.3. The number of amides is 3. The van der Waals surface area contributed by atoms with Gasteiger partial charge in [0.2, 0.25) is 12.2 Å². The average molecular weight is 663 g/mol. The van der Waals surface area contributed by atoms with Gasteiger partial charge in [-0.3, -0.25) is 28.9 Å². The van der Waals surface area contributed by atoms with Crippen LogP contribution in [0, 0.1) is 5.41 Å². The lowest BCUT2D eigenvalue weighted by Gasteiger charge is -2.38. The molecule has 258 valence electrons. The van der Waals surface area contributed by atoms with Crippen molar-refractivity contribution in [2.24, 2.45) is 5.41 Å². The zero-order valence-corrected chi connectivity index (χ0v) is 26.5. The largest absolute Gasteiger partial charge is 0.479 e. The van der Waals surface area contributed by atoms with Gasteiger partial charge in [0, 0.05) is 38.0 Å². The van der Waals surface area contributed by atoms with Gasteiger partial charge < -0.3 is 40.0 Å². The number of benzene rings is 1. The summed E-state index contributed by atoms with van der Waals surface area (Å²) in [6.07, 6.45) is -4.44. The van der Waals surface area contributed by atoms with Gasteiger partial charge >= 0.3 is 11.9 Å². The van der Waals surface area contributed by atoms with E-state index in [0.29, 0.717) is 31.4 Å². The summed E-state index contributed by atoms with van der Waals surface area (Å²) in [5.41, 5.74) is -0.247. The monoisotopic (exact) mass is 662 g/mol. The number of Topliss-reactive ketones (excluding diaryl/α,β-unsaturated/α-hetero) is 1. The lowest BCUT2D eigenvalue weighted by atomic mass is 9.97. The molecule has 0 spiro atoms. The number of nitrogens with zero attached hydrogens (tertiary/aromatic N) is 1. The second-order valence-electron chi connectivity index (χ2n) is 12.4. The van der Waals surface area contributed by atoms with Crippen LogP contribution in [0.2, 0.25) is 0 Å². The van der Waals surface area contributed by atoms with E-state index in [9.17, 15) is 49.2 Å². The molecule has 3 amide bonds. The zero-order valence-electron chi connectivity index (χ0n) is 26.5. The number of carboxylic acid groups (broad SMARTS) is 1. The zero-order chi connectivity index (χ0) is 34.9. The molecule has 1 aromatic rings. The standard InChI is InChI=1S/C32H42N2O13/c1-32(2,3)31(44)45-17-18-11-12-21(46-30-27(41)25(39)26(40)28(47-30)29(42)43)20(16-18)33-22(36)10-7-9-19(35)8-5-4-6-15-34-23(37)13-14-24(34)38/h11-14,16,25-28,30,39-41H,4-10,15,17H2,1-3H3,(H,33,36)(H,42,43)/t25-,26-,27+,28-,30+/m0/s1. The molecular formula is C32H42N2O13. The topological polar surface area (TPSA) is 226 Å². The molecule has 15 heteroatoms. The highest BCUT2D eigenvalue weighted by molar-refractivity contribution is 6.12. The lowest BCUT2D eigenvalue weighted by molar-refractivity contribution is -0.271. The summed E-state index contributed by atoms with van der Waals surface area (Å²) in [6, 6.07) is 4.32. The third kappa shape index (κ3) is 10.7. The minimum absolute atomic E-state index is 0.0448. The van der Waals surface area contributed by atoms with E-state index in [1.54, 1.807) is 20.8 Å². The number of esters is 1.